The third-order valence-electron chi connectivity index (χ3n) is 2.85. The van der Waals surface area contributed by atoms with Crippen molar-refractivity contribution in [2.24, 2.45) is 5.11 Å². The second-order valence-corrected chi connectivity index (χ2v) is 4.65. The van der Waals surface area contributed by atoms with Gasteiger partial charge in [-0.1, -0.05) is 11.5 Å². The topological polar surface area (TPSA) is 154 Å². The number of carbonyl (C=O) groups excluding carboxylic acids is 2. The molecule has 0 aliphatic rings. The van der Waals surface area contributed by atoms with Crippen LogP contribution in [0.4, 0.5) is 10.5 Å². The number of rotatable bonds is 10. The average Bonchev–Trinajstić information content (AvgIpc) is 2.58. The van der Waals surface area contributed by atoms with Gasteiger partial charge in [-0.05, 0) is 30.5 Å². The third-order valence-corrected chi connectivity index (χ3v) is 2.85. The number of esters is 1. The minimum absolute atomic E-state index is 0.0574. The van der Waals surface area contributed by atoms with Gasteiger partial charge in [-0.2, -0.15) is 0 Å². The summed E-state index contributed by atoms with van der Waals surface area (Å²) in [5.41, 5.74) is 7.94. The van der Waals surface area contributed by atoms with Gasteiger partial charge in [-0.15, -0.1) is 0 Å². The van der Waals surface area contributed by atoms with Crippen molar-refractivity contribution in [3.63, 3.8) is 0 Å². The van der Waals surface area contributed by atoms with Crippen molar-refractivity contribution >= 4 is 17.8 Å². The van der Waals surface area contributed by atoms with Crippen molar-refractivity contribution in [2.75, 3.05) is 13.3 Å². The summed E-state index contributed by atoms with van der Waals surface area (Å²) in [5, 5.41) is 13.9. The molecule has 0 spiro atoms. The normalized spacial score (nSPS) is 9.60. The Morgan fingerprint density at radius 2 is 1.88 bits per heavy atom. The van der Waals surface area contributed by atoms with Crippen LogP contribution in [0.5, 0.6) is 5.75 Å². The van der Waals surface area contributed by atoms with Gasteiger partial charge in [-0.3, -0.25) is 14.9 Å². The molecule has 1 rings (SSSR count). The average molecular weight is 352 g/mol. The van der Waals surface area contributed by atoms with E-state index in [0.717, 1.165) is 0 Å². The van der Waals surface area contributed by atoms with Crippen LogP contribution in [-0.2, 0) is 14.3 Å². The molecule has 0 atom stereocenters. The standard InChI is InChI=1S/C14H16N4O7/c15-17-16-9-3-1-2-4-13(19)23-10-24-14(20)25-12-7-5-11(6-8-12)18(21)22/h5-8H,1-4,9-10H2. The van der Waals surface area contributed by atoms with Gasteiger partial charge in [0.2, 0.25) is 6.79 Å². The van der Waals surface area contributed by atoms with E-state index in [1.54, 1.807) is 0 Å². The molecule has 0 saturated heterocycles. The van der Waals surface area contributed by atoms with Gasteiger partial charge in [0, 0.05) is 30.0 Å². The van der Waals surface area contributed by atoms with Crippen molar-refractivity contribution in [3.05, 3.63) is 44.8 Å². The van der Waals surface area contributed by atoms with Gasteiger partial charge in [-0.25, -0.2) is 4.79 Å². The van der Waals surface area contributed by atoms with Crippen molar-refractivity contribution in [2.45, 2.75) is 25.7 Å². The molecule has 0 N–H and O–H groups in total. The number of carbonyl (C=O) groups is 2. The molecular formula is C14H16N4O7. The number of nitro benzene ring substituents is 1. The number of non-ortho nitro benzene ring substituents is 1. The highest BCUT2D eigenvalue weighted by Gasteiger charge is 2.10. The molecule has 0 aromatic heterocycles. The van der Waals surface area contributed by atoms with E-state index in [0.29, 0.717) is 25.8 Å². The maximum atomic E-state index is 11.4. The summed E-state index contributed by atoms with van der Waals surface area (Å²) in [6.45, 7) is -0.216. The van der Waals surface area contributed by atoms with Crippen LogP contribution >= 0.6 is 0 Å². The molecule has 0 amide bonds. The highest BCUT2D eigenvalue weighted by molar-refractivity contribution is 5.69. The highest BCUT2D eigenvalue weighted by Crippen LogP contribution is 2.17. The Morgan fingerprint density at radius 3 is 2.52 bits per heavy atom. The Bertz CT molecular complexity index is 641. The summed E-state index contributed by atoms with van der Waals surface area (Å²) in [4.78, 5) is 35.2. The van der Waals surface area contributed by atoms with Crippen LogP contribution in [0.2, 0.25) is 0 Å². The van der Waals surface area contributed by atoms with Crippen LogP contribution in [0.3, 0.4) is 0 Å². The zero-order valence-corrected chi connectivity index (χ0v) is 13.2. The Balaban J connectivity index is 2.16. The molecule has 11 nitrogen and oxygen atoms in total. The van der Waals surface area contributed by atoms with E-state index >= 15 is 0 Å². The largest absolute Gasteiger partial charge is 0.516 e. The molecule has 25 heavy (non-hydrogen) atoms. The molecule has 0 aliphatic heterocycles. The molecule has 0 radical (unpaired) electrons. The molecule has 1 aromatic rings. The zero-order valence-electron chi connectivity index (χ0n) is 13.2. The molecule has 11 heteroatoms. The molecule has 0 heterocycles. The van der Waals surface area contributed by atoms with Crippen molar-refractivity contribution < 1.29 is 28.7 Å². The number of unbranched alkanes of at least 4 members (excludes halogenated alkanes) is 2. The summed E-state index contributed by atoms with van der Waals surface area (Å²) in [7, 11) is 0. The molecule has 1 aromatic carbocycles. The Kier molecular flexibility index (Phi) is 8.87. The molecule has 0 bridgehead atoms. The maximum absolute atomic E-state index is 11.4. The molecule has 0 unspecified atom stereocenters. The number of nitro groups is 1. The molecule has 0 fully saturated rings. The van der Waals surface area contributed by atoms with Crippen molar-refractivity contribution in [3.8, 4) is 5.75 Å². The fourth-order valence-electron chi connectivity index (χ4n) is 1.65. The molecule has 134 valence electrons. The monoisotopic (exact) mass is 352 g/mol. The highest BCUT2D eigenvalue weighted by atomic mass is 16.8. The van der Waals surface area contributed by atoms with Crippen LogP contribution < -0.4 is 4.74 Å². The smallest absolute Gasteiger partial charge is 0.428 e. The van der Waals surface area contributed by atoms with Crippen LogP contribution in [0.1, 0.15) is 25.7 Å². The lowest BCUT2D eigenvalue weighted by Crippen LogP contribution is -2.15. The Labute approximate surface area is 142 Å². The first-order chi connectivity index (χ1) is 12.0. The predicted molar refractivity (Wildman–Crippen MR) is 83.6 cm³/mol. The Hall–Kier alpha value is -3.33. The van der Waals surface area contributed by atoms with Crippen LogP contribution in [-0.4, -0.2) is 30.4 Å². The molecular weight excluding hydrogens is 336 g/mol. The minimum Gasteiger partial charge on any atom is -0.428 e. The SMILES string of the molecule is [N-]=[N+]=NCCCCCC(=O)OCOC(=O)Oc1ccc([N+](=O)[O-])cc1. The Morgan fingerprint density at radius 1 is 1.16 bits per heavy atom. The van der Waals surface area contributed by atoms with Gasteiger partial charge in [0.1, 0.15) is 5.75 Å². The molecule has 0 saturated carbocycles. The number of hydrogen-bond acceptors (Lipinski definition) is 8. The lowest BCUT2D eigenvalue weighted by Gasteiger charge is -2.06. The van der Waals surface area contributed by atoms with E-state index in [2.05, 4.69) is 14.8 Å². The van der Waals surface area contributed by atoms with Gasteiger partial charge in [0.25, 0.3) is 5.69 Å². The van der Waals surface area contributed by atoms with Crippen molar-refractivity contribution in [1.82, 2.24) is 0 Å². The number of nitrogens with zero attached hydrogens (tertiary/aromatic N) is 4. The first-order valence-corrected chi connectivity index (χ1v) is 7.28. The van der Waals surface area contributed by atoms with E-state index in [-0.39, 0.29) is 17.9 Å². The molecule has 0 aliphatic carbocycles. The summed E-state index contributed by atoms with van der Waals surface area (Å²) >= 11 is 0. The van der Waals surface area contributed by atoms with Gasteiger partial charge in [0.15, 0.2) is 0 Å². The van der Waals surface area contributed by atoms with Gasteiger partial charge in [0.05, 0.1) is 4.92 Å². The van der Waals surface area contributed by atoms with E-state index < -0.39 is 23.8 Å². The summed E-state index contributed by atoms with van der Waals surface area (Å²) < 4.78 is 14.0. The zero-order chi connectivity index (χ0) is 18.5. The van der Waals surface area contributed by atoms with Crippen molar-refractivity contribution in [1.29, 1.82) is 0 Å². The van der Waals surface area contributed by atoms with Crippen LogP contribution in [0.15, 0.2) is 29.4 Å². The second-order valence-electron chi connectivity index (χ2n) is 4.65. The quantitative estimate of drug-likeness (QED) is 0.0718. The maximum Gasteiger partial charge on any atom is 0.516 e. The predicted octanol–water partition coefficient (Wildman–Crippen LogP) is 3.48. The summed E-state index contributed by atoms with van der Waals surface area (Å²) in [6, 6.07) is 4.82. The first kappa shape index (κ1) is 19.7. The van der Waals surface area contributed by atoms with Gasteiger partial charge < -0.3 is 14.2 Å². The fourth-order valence-corrected chi connectivity index (χ4v) is 1.65. The van der Waals surface area contributed by atoms with Crippen LogP contribution in [0.25, 0.3) is 10.4 Å². The summed E-state index contributed by atoms with van der Waals surface area (Å²) in [6.07, 6.45) is 0.993. The fraction of sp³-hybridized carbons (Fsp3) is 0.429. The number of azide groups is 1. The van der Waals surface area contributed by atoms with E-state index in [1.165, 1.54) is 24.3 Å². The first-order valence-electron chi connectivity index (χ1n) is 7.28. The lowest BCUT2D eigenvalue weighted by atomic mass is 10.2. The van der Waals surface area contributed by atoms with Crippen LogP contribution in [0, 0.1) is 10.1 Å². The number of hydrogen-bond donors (Lipinski definition) is 0. The van der Waals surface area contributed by atoms with E-state index in [9.17, 15) is 19.7 Å². The third kappa shape index (κ3) is 8.77. The number of benzene rings is 1. The van der Waals surface area contributed by atoms with E-state index in [4.69, 9.17) is 15.0 Å². The van der Waals surface area contributed by atoms with Gasteiger partial charge >= 0.3 is 12.1 Å². The summed E-state index contributed by atoms with van der Waals surface area (Å²) in [5.74, 6) is -0.478. The second kappa shape index (κ2) is 11.2. The number of ether oxygens (including phenoxy) is 3. The minimum atomic E-state index is -1.10. The lowest BCUT2D eigenvalue weighted by molar-refractivity contribution is -0.384. The van der Waals surface area contributed by atoms with E-state index in [1.807, 2.05) is 0 Å².